The zero-order valence-corrected chi connectivity index (χ0v) is 10.1. The Balaban J connectivity index is 2.30. The van der Waals surface area contributed by atoms with E-state index >= 15 is 0 Å². The summed E-state index contributed by atoms with van der Waals surface area (Å²) < 4.78 is 26.8. The number of hydrogen-bond donors (Lipinski definition) is 2. The molecule has 0 radical (unpaired) electrons. The lowest BCUT2D eigenvalue weighted by atomic mass is 10.1. The average Bonchev–Trinajstić information content (AvgIpc) is 2.33. The highest BCUT2D eigenvalue weighted by molar-refractivity contribution is 6.05. The number of nitrogens with one attached hydrogen (secondary N) is 1. The summed E-state index contributed by atoms with van der Waals surface area (Å²) in [5, 5.41) is 2.45. The van der Waals surface area contributed by atoms with Gasteiger partial charge in [0.1, 0.15) is 5.82 Å². The maximum atomic E-state index is 13.6. The van der Waals surface area contributed by atoms with Gasteiger partial charge in [-0.25, -0.2) is 8.78 Å². The molecule has 2 rings (SSSR count). The molecule has 0 spiro atoms. The summed E-state index contributed by atoms with van der Waals surface area (Å²) in [7, 11) is 0. The quantitative estimate of drug-likeness (QED) is 0.818. The first-order valence-electron chi connectivity index (χ1n) is 5.46. The molecule has 0 saturated carbocycles. The number of hydrogen-bond acceptors (Lipinski definition) is 3. The minimum atomic E-state index is -0.940. The molecule has 98 valence electrons. The molecule has 2 aromatic rings. The molecule has 1 heterocycles. The SMILES string of the molecule is Cc1cc(NC(=O)c2cc(F)cc(N)c2F)ccn1. The van der Waals surface area contributed by atoms with Crippen molar-refractivity contribution in [2.75, 3.05) is 11.1 Å². The van der Waals surface area contributed by atoms with Crippen LogP contribution >= 0.6 is 0 Å². The van der Waals surface area contributed by atoms with E-state index in [0.29, 0.717) is 11.4 Å². The standard InChI is InChI=1S/C13H11F2N3O/c1-7-4-9(2-3-17-7)18-13(19)10-5-8(14)6-11(16)12(10)15/h2-6H,16H2,1H3,(H,17,18,19). The first-order valence-corrected chi connectivity index (χ1v) is 5.46. The van der Waals surface area contributed by atoms with Crippen LogP contribution in [0.3, 0.4) is 0 Å². The minimum absolute atomic E-state index is 0.406. The molecule has 0 atom stereocenters. The topological polar surface area (TPSA) is 68.0 Å². The predicted molar refractivity (Wildman–Crippen MR) is 67.7 cm³/mol. The first-order chi connectivity index (χ1) is 8.97. The Morgan fingerprint density at radius 3 is 2.74 bits per heavy atom. The van der Waals surface area contributed by atoms with E-state index in [1.54, 1.807) is 19.1 Å². The molecule has 0 aliphatic heterocycles. The van der Waals surface area contributed by atoms with Gasteiger partial charge in [0, 0.05) is 17.6 Å². The number of pyridine rings is 1. The van der Waals surface area contributed by atoms with Gasteiger partial charge in [-0.3, -0.25) is 9.78 Å². The lowest BCUT2D eigenvalue weighted by Gasteiger charge is -2.08. The molecule has 0 fully saturated rings. The fraction of sp³-hybridized carbons (Fsp3) is 0.0769. The van der Waals surface area contributed by atoms with Crippen LogP contribution in [0.1, 0.15) is 16.1 Å². The molecule has 19 heavy (non-hydrogen) atoms. The van der Waals surface area contributed by atoms with E-state index in [1.165, 1.54) is 6.20 Å². The molecule has 0 aliphatic carbocycles. The fourth-order valence-electron chi connectivity index (χ4n) is 1.60. The van der Waals surface area contributed by atoms with Crippen molar-refractivity contribution in [1.82, 2.24) is 4.98 Å². The van der Waals surface area contributed by atoms with Crippen LogP contribution in [0.25, 0.3) is 0 Å². The van der Waals surface area contributed by atoms with E-state index in [9.17, 15) is 13.6 Å². The van der Waals surface area contributed by atoms with Crippen molar-refractivity contribution >= 4 is 17.3 Å². The van der Waals surface area contributed by atoms with Gasteiger partial charge in [0.2, 0.25) is 0 Å². The molecule has 1 amide bonds. The highest BCUT2D eigenvalue weighted by Crippen LogP contribution is 2.19. The van der Waals surface area contributed by atoms with Gasteiger partial charge in [-0.15, -0.1) is 0 Å². The first kappa shape index (κ1) is 12.9. The van der Waals surface area contributed by atoms with E-state index in [1.807, 2.05) is 0 Å². The van der Waals surface area contributed by atoms with Crippen LogP contribution in [-0.2, 0) is 0 Å². The third kappa shape index (κ3) is 2.85. The number of amides is 1. The summed E-state index contributed by atoms with van der Waals surface area (Å²) in [6.07, 6.45) is 1.50. The highest BCUT2D eigenvalue weighted by atomic mass is 19.1. The second-order valence-electron chi connectivity index (χ2n) is 4.00. The summed E-state index contributed by atoms with van der Waals surface area (Å²) in [5.41, 5.74) is 5.56. The zero-order valence-electron chi connectivity index (χ0n) is 10.1. The number of nitrogen functional groups attached to an aromatic ring is 1. The maximum absolute atomic E-state index is 13.6. The Kier molecular flexibility index (Phi) is 3.41. The number of aromatic nitrogens is 1. The molecular weight excluding hydrogens is 252 g/mol. The Morgan fingerprint density at radius 2 is 2.05 bits per heavy atom. The van der Waals surface area contributed by atoms with Crippen molar-refractivity contribution in [3.05, 3.63) is 53.4 Å². The second-order valence-corrected chi connectivity index (χ2v) is 4.00. The number of benzene rings is 1. The predicted octanol–water partition coefficient (Wildman–Crippen LogP) is 2.50. The maximum Gasteiger partial charge on any atom is 0.258 e. The van der Waals surface area contributed by atoms with Crippen molar-refractivity contribution in [3.8, 4) is 0 Å². The van der Waals surface area contributed by atoms with Crippen molar-refractivity contribution < 1.29 is 13.6 Å². The molecule has 0 saturated heterocycles. The van der Waals surface area contributed by atoms with Crippen LogP contribution in [0.15, 0.2) is 30.5 Å². The number of anilines is 2. The smallest absolute Gasteiger partial charge is 0.258 e. The number of halogens is 2. The van der Waals surface area contributed by atoms with Crippen LogP contribution in [0.2, 0.25) is 0 Å². The van der Waals surface area contributed by atoms with Gasteiger partial charge in [-0.2, -0.15) is 0 Å². The number of carbonyl (C=O) groups excluding carboxylic acids is 1. The van der Waals surface area contributed by atoms with Crippen LogP contribution in [-0.4, -0.2) is 10.9 Å². The van der Waals surface area contributed by atoms with Gasteiger partial charge >= 0.3 is 0 Å². The number of nitrogens with zero attached hydrogens (tertiary/aromatic N) is 1. The lowest BCUT2D eigenvalue weighted by Crippen LogP contribution is -2.15. The van der Waals surface area contributed by atoms with Gasteiger partial charge < -0.3 is 11.1 Å². The van der Waals surface area contributed by atoms with Gasteiger partial charge in [0.25, 0.3) is 5.91 Å². The van der Waals surface area contributed by atoms with E-state index < -0.39 is 28.8 Å². The van der Waals surface area contributed by atoms with Crippen molar-refractivity contribution in [2.45, 2.75) is 6.92 Å². The number of rotatable bonds is 2. The third-order valence-corrected chi connectivity index (χ3v) is 2.46. The Hall–Kier alpha value is -2.50. The highest BCUT2D eigenvalue weighted by Gasteiger charge is 2.16. The van der Waals surface area contributed by atoms with Crippen LogP contribution < -0.4 is 11.1 Å². The van der Waals surface area contributed by atoms with Crippen molar-refractivity contribution in [3.63, 3.8) is 0 Å². The molecule has 6 heteroatoms. The summed E-state index contributed by atoms with van der Waals surface area (Å²) in [6, 6.07) is 4.78. The molecule has 3 N–H and O–H groups in total. The van der Waals surface area contributed by atoms with Crippen LogP contribution in [0.5, 0.6) is 0 Å². The van der Waals surface area contributed by atoms with Crippen molar-refractivity contribution in [1.29, 1.82) is 0 Å². The molecule has 0 unspecified atom stereocenters. The number of aryl methyl sites for hydroxylation is 1. The summed E-state index contributed by atoms with van der Waals surface area (Å²) in [5.74, 6) is -2.48. The number of carbonyl (C=O) groups is 1. The van der Waals surface area contributed by atoms with E-state index in [0.717, 1.165) is 12.1 Å². The monoisotopic (exact) mass is 263 g/mol. The second kappa shape index (κ2) is 5.01. The van der Waals surface area contributed by atoms with Gasteiger partial charge in [-0.05, 0) is 31.2 Å². The normalized spacial score (nSPS) is 10.3. The summed E-state index contributed by atoms with van der Waals surface area (Å²) >= 11 is 0. The van der Waals surface area contributed by atoms with Gasteiger partial charge in [0.05, 0.1) is 11.3 Å². The molecule has 0 aliphatic rings. The van der Waals surface area contributed by atoms with E-state index in [-0.39, 0.29) is 0 Å². The van der Waals surface area contributed by atoms with Crippen LogP contribution in [0.4, 0.5) is 20.2 Å². The molecule has 1 aromatic heterocycles. The average molecular weight is 263 g/mol. The summed E-state index contributed by atoms with van der Waals surface area (Å²) in [6.45, 7) is 1.75. The van der Waals surface area contributed by atoms with Crippen LogP contribution in [0, 0.1) is 18.6 Å². The fourth-order valence-corrected chi connectivity index (χ4v) is 1.60. The minimum Gasteiger partial charge on any atom is -0.396 e. The zero-order chi connectivity index (χ0) is 14.0. The molecular formula is C13H11F2N3O. The summed E-state index contributed by atoms with van der Waals surface area (Å²) in [4.78, 5) is 15.8. The molecule has 0 bridgehead atoms. The molecule has 4 nitrogen and oxygen atoms in total. The van der Waals surface area contributed by atoms with Gasteiger partial charge in [-0.1, -0.05) is 0 Å². The third-order valence-electron chi connectivity index (χ3n) is 2.46. The van der Waals surface area contributed by atoms with E-state index in [4.69, 9.17) is 5.73 Å². The Morgan fingerprint density at radius 1 is 1.32 bits per heavy atom. The van der Waals surface area contributed by atoms with E-state index in [2.05, 4.69) is 10.3 Å². The number of nitrogens with two attached hydrogens (primary N) is 1. The van der Waals surface area contributed by atoms with Gasteiger partial charge in [0.15, 0.2) is 5.82 Å². The Bertz CT molecular complexity index is 644. The Labute approximate surface area is 108 Å². The largest absolute Gasteiger partial charge is 0.396 e. The van der Waals surface area contributed by atoms with Crippen molar-refractivity contribution in [2.24, 2.45) is 0 Å². The molecule has 1 aromatic carbocycles. The lowest BCUT2D eigenvalue weighted by molar-refractivity contribution is 0.102.